The highest BCUT2D eigenvalue weighted by molar-refractivity contribution is 5.91. The summed E-state index contributed by atoms with van der Waals surface area (Å²) in [5.41, 5.74) is 0.590. The van der Waals surface area contributed by atoms with Gasteiger partial charge in [-0.2, -0.15) is 0 Å². The van der Waals surface area contributed by atoms with Gasteiger partial charge in [0.2, 0.25) is 0 Å². The molecule has 6 heteroatoms. The second-order valence-corrected chi connectivity index (χ2v) is 5.24. The van der Waals surface area contributed by atoms with E-state index >= 15 is 0 Å². The van der Waals surface area contributed by atoms with Crippen molar-refractivity contribution in [2.24, 2.45) is 0 Å². The topological polar surface area (TPSA) is 78.9 Å². The Balaban J connectivity index is 2.70. The number of carbonyl (C=O) groups excluding carboxylic acids is 1. The van der Waals surface area contributed by atoms with E-state index < -0.39 is 12.0 Å². The van der Waals surface area contributed by atoms with Gasteiger partial charge in [-0.1, -0.05) is 0 Å². The number of hydrogen-bond acceptors (Lipinski definition) is 3. The molecule has 0 saturated carbocycles. The van der Waals surface area contributed by atoms with Crippen molar-refractivity contribution in [2.75, 3.05) is 11.9 Å². The van der Waals surface area contributed by atoms with Crippen molar-refractivity contribution in [3.63, 3.8) is 0 Å². The molecule has 0 aliphatic heterocycles. The molecule has 0 radical (unpaired) electrons. The Morgan fingerprint density at radius 2 is 1.76 bits per heavy atom. The van der Waals surface area contributed by atoms with E-state index in [1.54, 1.807) is 38.1 Å². The molecule has 116 valence electrons. The number of nitrogens with one attached hydrogen (secondary N) is 1. The molecule has 0 bridgehead atoms. The van der Waals surface area contributed by atoms with E-state index in [4.69, 9.17) is 9.84 Å². The Morgan fingerprint density at radius 3 is 2.19 bits per heavy atom. The van der Waals surface area contributed by atoms with Crippen molar-refractivity contribution in [3.05, 3.63) is 24.3 Å². The van der Waals surface area contributed by atoms with Crippen LogP contribution in [-0.2, 0) is 4.79 Å². The molecular formula is C15H22N2O4. The lowest BCUT2D eigenvalue weighted by Crippen LogP contribution is -2.43. The second-order valence-electron chi connectivity index (χ2n) is 5.24. The minimum absolute atomic E-state index is 0.0810. The molecule has 1 aromatic rings. The first-order valence-corrected chi connectivity index (χ1v) is 6.85. The van der Waals surface area contributed by atoms with Gasteiger partial charge in [0.05, 0.1) is 6.10 Å². The molecule has 21 heavy (non-hydrogen) atoms. The van der Waals surface area contributed by atoms with Gasteiger partial charge >= 0.3 is 12.0 Å². The third-order valence-corrected chi connectivity index (χ3v) is 2.67. The fraction of sp³-hybridized carbons (Fsp3) is 0.467. The SMILES string of the molecule is CC(C)Oc1ccc(NC(=O)N(CC(=O)O)C(C)C)cc1. The number of carboxylic acid groups (broad SMARTS) is 1. The number of benzene rings is 1. The standard InChI is InChI=1S/C15H22N2O4/c1-10(2)17(9-14(18)19)15(20)16-12-5-7-13(8-6-12)21-11(3)4/h5-8,10-11H,9H2,1-4H3,(H,16,20)(H,18,19). The Hall–Kier alpha value is -2.24. The molecule has 0 aromatic heterocycles. The van der Waals surface area contributed by atoms with Gasteiger partial charge in [0.15, 0.2) is 0 Å². The van der Waals surface area contributed by atoms with Crippen molar-refractivity contribution in [1.29, 1.82) is 0 Å². The number of amides is 2. The summed E-state index contributed by atoms with van der Waals surface area (Å²) in [7, 11) is 0. The van der Waals surface area contributed by atoms with Crippen molar-refractivity contribution in [2.45, 2.75) is 39.8 Å². The van der Waals surface area contributed by atoms with Gasteiger partial charge in [0, 0.05) is 11.7 Å². The summed E-state index contributed by atoms with van der Waals surface area (Å²) in [5, 5.41) is 11.5. The summed E-state index contributed by atoms with van der Waals surface area (Å²) in [4.78, 5) is 24.1. The van der Waals surface area contributed by atoms with Crippen LogP contribution in [0.2, 0.25) is 0 Å². The van der Waals surface area contributed by atoms with Gasteiger partial charge < -0.3 is 20.1 Å². The molecule has 0 aliphatic carbocycles. The Kier molecular flexibility index (Phi) is 6.02. The molecule has 1 rings (SSSR count). The van der Waals surface area contributed by atoms with Crippen LogP contribution in [0.1, 0.15) is 27.7 Å². The van der Waals surface area contributed by atoms with Crippen LogP contribution in [0.25, 0.3) is 0 Å². The van der Waals surface area contributed by atoms with Gasteiger partial charge in [0.25, 0.3) is 0 Å². The molecular weight excluding hydrogens is 272 g/mol. The van der Waals surface area contributed by atoms with Crippen LogP contribution in [0.3, 0.4) is 0 Å². The van der Waals surface area contributed by atoms with Crippen LogP contribution in [-0.4, -0.2) is 40.7 Å². The van der Waals surface area contributed by atoms with E-state index in [1.807, 2.05) is 13.8 Å². The minimum atomic E-state index is -1.04. The quantitative estimate of drug-likeness (QED) is 0.845. The predicted molar refractivity (Wildman–Crippen MR) is 80.7 cm³/mol. The number of urea groups is 1. The number of aliphatic carboxylic acids is 1. The van der Waals surface area contributed by atoms with Crippen LogP contribution < -0.4 is 10.1 Å². The number of carbonyl (C=O) groups is 2. The highest BCUT2D eigenvalue weighted by Gasteiger charge is 2.19. The number of anilines is 1. The van der Waals surface area contributed by atoms with Crippen molar-refractivity contribution < 1.29 is 19.4 Å². The van der Waals surface area contributed by atoms with Crippen molar-refractivity contribution in [3.8, 4) is 5.75 Å². The van der Waals surface area contributed by atoms with Gasteiger partial charge in [-0.3, -0.25) is 4.79 Å². The van der Waals surface area contributed by atoms with Gasteiger partial charge in [-0.05, 0) is 52.0 Å². The summed E-state index contributed by atoms with van der Waals surface area (Å²) in [6, 6.07) is 6.30. The van der Waals surface area contributed by atoms with E-state index in [-0.39, 0.29) is 18.7 Å². The van der Waals surface area contributed by atoms with E-state index in [9.17, 15) is 9.59 Å². The average Bonchev–Trinajstić information content (AvgIpc) is 2.37. The fourth-order valence-electron chi connectivity index (χ4n) is 1.72. The lowest BCUT2D eigenvalue weighted by molar-refractivity contribution is -0.137. The van der Waals surface area contributed by atoms with Crippen LogP contribution >= 0.6 is 0 Å². The zero-order valence-electron chi connectivity index (χ0n) is 12.8. The van der Waals surface area contributed by atoms with Crippen molar-refractivity contribution >= 4 is 17.7 Å². The van der Waals surface area contributed by atoms with Crippen LogP contribution in [0.4, 0.5) is 10.5 Å². The zero-order valence-corrected chi connectivity index (χ0v) is 12.8. The maximum absolute atomic E-state index is 12.1. The Bertz CT molecular complexity index is 483. The maximum atomic E-state index is 12.1. The first kappa shape index (κ1) is 16.8. The van der Waals surface area contributed by atoms with Crippen LogP contribution in [0.15, 0.2) is 24.3 Å². The molecule has 0 heterocycles. The van der Waals surface area contributed by atoms with Crippen molar-refractivity contribution in [1.82, 2.24) is 4.90 Å². The average molecular weight is 294 g/mol. The molecule has 0 aliphatic rings. The second kappa shape index (κ2) is 7.52. The molecule has 0 atom stereocenters. The molecule has 0 fully saturated rings. The molecule has 2 amide bonds. The maximum Gasteiger partial charge on any atom is 0.323 e. The largest absolute Gasteiger partial charge is 0.491 e. The number of ether oxygens (including phenoxy) is 1. The summed E-state index contributed by atoms with van der Waals surface area (Å²) < 4.78 is 5.51. The number of carboxylic acids is 1. The molecule has 1 aromatic carbocycles. The lowest BCUT2D eigenvalue weighted by atomic mass is 10.3. The normalized spacial score (nSPS) is 10.6. The molecule has 0 spiro atoms. The smallest absolute Gasteiger partial charge is 0.323 e. The van der Waals surface area contributed by atoms with Gasteiger partial charge in [-0.15, -0.1) is 0 Å². The summed E-state index contributed by atoms with van der Waals surface area (Å²) >= 11 is 0. The zero-order chi connectivity index (χ0) is 16.0. The summed E-state index contributed by atoms with van der Waals surface area (Å²) in [6.45, 7) is 7.06. The first-order chi connectivity index (χ1) is 9.79. The number of rotatable bonds is 6. The molecule has 0 unspecified atom stereocenters. The third kappa shape index (κ3) is 5.72. The Labute approximate surface area is 124 Å². The lowest BCUT2D eigenvalue weighted by Gasteiger charge is -2.25. The van der Waals surface area contributed by atoms with E-state index in [2.05, 4.69) is 5.32 Å². The summed E-state index contributed by atoms with van der Waals surface area (Å²) in [6.07, 6.45) is 0.0810. The highest BCUT2D eigenvalue weighted by Crippen LogP contribution is 2.17. The molecule has 2 N–H and O–H groups in total. The van der Waals surface area contributed by atoms with Gasteiger partial charge in [0.1, 0.15) is 12.3 Å². The van der Waals surface area contributed by atoms with Crippen LogP contribution in [0, 0.1) is 0 Å². The number of nitrogens with zero attached hydrogens (tertiary/aromatic N) is 1. The number of hydrogen-bond donors (Lipinski definition) is 2. The summed E-state index contributed by atoms with van der Waals surface area (Å²) in [5.74, 6) is -0.325. The van der Waals surface area contributed by atoms with E-state index in [0.717, 1.165) is 0 Å². The predicted octanol–water partition coefficient (Wildman–Crippen LogP) is 2.80. The van der Waals surface area contributed by atoms with E-state index in [0.29, 0.717) is 11.4 Å². The van der Waals surface area contributed by atoms with Crippen LogP contribution in [0.5, 0.6) is 5.75 Å². The molecule has 0 saturated heterocycles. The van der Waals surface area contributed by atoms with E-state index in [1.165, 1.54) is 4.90 Å². The Morgan fingerprint density at radius 1 is 1.19 bits per heavy atom. The highest BCUT2D eigenvalue weighted by atomic mass is 16.5. The van der Waals surface area contributed by atoms with Gasteiger partial charge in [-0.25, -0.2) is 4.79 Å². The minimum Gasteiger partial charge on any atom is -0.491 e. The third-order valence-electron chi connectivity index (χ3n) is 2.67. The molecule has 6 nitrogen and oxygen atoms in total. The first-order valence-electron chi connectivity index (χ1n) is 6.85. The monoisotopic (exact) mass is 294 g/mol. The fourth-order valence-corrected chi connectivity index (χ4v) is 1.72.